The molecule has 1 aromatic carbocycles. The van der Waals surface area contributed by atoms with E-state index in [1.165, 1.54) is 0 Å². The highest BCUT2D eigenvalue weighted by Crippen LogP contribution is 2.75. The molecule has 0 N–H and O–H groups in total. The summed E-state index contributed by atoms with van der Waals surface area (Å²) in [6.45, 7) is 22.1. The highest BCUT2D eigenvalue weighted by Gasteiger charge is 2.72. The van der Waals surface area contributed by atoms with Crippen LogP contribution in [-0.2, 0) is 35.1 Å². The van der Waals surface area contributed by atoms with E-state index in [4.69, 9.17) is 18.9 Å². The number of rotatable bonds is 11. The number of fused-ring (bicyclic) bond motifs is 3. The second-order valence-electron chi connectivity index (χ2n) is 19.6. The van der Waals surface area contributed by atoms with Crippen molar-refractivity contribution in [3.8, 4) is 0 Å². The van der Waals surface area contributed by atoms with Gasteiger partial charge in [-0.05, 0) is 90.4 Å². The number of carbonyl (C=O) groups is 2. The van der Waals surface area contributed by atoms with Crippen molar-refractivity contribution in [2.45, 2.75) is 138 Å². The largest absolute Gasteiger partial charge is 0.465 e. The van der Waals surface area contributed by atoms with Crippen molar-refractivity contribution in [1.82, 2.24) is 4.90 Å². The Balaban J connectivity index is 1.19. The molecule has 2 aliphatic heterocycles. The van der Waals surface area contributed by atoms with Gasteiger partial charge in [0.2, 0.25) is 5.91 Å². The summed E-state index contributed by atoms with van der Waals surface area (Å²) in [5.74, 6) is 1.70. The van der Waals surface area contributed by atoms with Crippen LogP contribution in [0, 0.1) is 56.7 Å². The first-order chi connectivity index (χ1) is 25.2. The number of carbonyl (C=O) groups excluding carboxylic acids is 2. The van der Waals surface area contributed by atoms with Crippen LogP contribution in [0.1, 0.15) is 119 Å². The van der Waals surface area contributed by atoms with Crippen LogP contribution in [0.4, 0.5) is 0 Å². The molecule has 3 saturated carbocycles. The average molecular weight is 732 g/mol. The van der Waals surface area contributed by atoms with E-state index in [1.807, 2.05) is 30.2 Å². The molecule has 53 heavy (non-hydrogen) atoms. The van der Waals surface area contributed by atoms with Gasteiger partial charge in [0.25, 0.3) is 0 Å². The minimum Gasteiger partial charge on any atom is -0.465 e. The van der Waals surface area contributed by atoms with Crippen molar-refractivity contribution in [2.24, 2.45) is 56.7 Å². The van der Waals surface area contributed by atoms with Crippen LogP contribution in [0.5, 0.6) is 0 Å². The van der Waals surface area contributed by atoms with Crippen LogP contribution in [0.2, 0.25) is 0 Å². The van der Waals surface area contributed by atoms with Crippen LogP contribution in [0.3, 0.4) is 0 Å². The average Bonchev–Trinajstić information content (AvgIpc) is 3.47. The Morgan fingerprint density at radius 1 is 1.02 bits per heavy atom. The van der Waals surface area contributed by atoms with Gasteiger partial charge in [-0.25, -0.2) is 0 Å². The van der Waals surface area contributed by atoms with Gasteiger partial charge in [0.1, 0.15) is 0 Å². The summed E-state index contributed by atoms with van der Waals surface area (Å²) in [7, 11) is 1.85. The van der Waals surface area contributed by atoms with Gasteiger partial charge in [0.15, 0.2) is 0 Å². The van der Waals surface area contributed by atoms with Crippen LogP contribution < -0.4 is 0 Å². The number of nitrogens with zero attached hydrogens (tertiary/aromatic N) is 1. The molecule has 7 rings (SSSR count). The number of esters is 1. The molecule has 2 unspecified atom stereocenters. The van der Waals surface area contributed by atoms with E-state index in [2.05, 4.69) is 73.6 Å². The number of allylic oxidation sites excluding steroid dienone is 1. The summed E-state index contributed by atoms with van der Waals surface area (Å²) >= 11 is 0. The summed E-state index contributed by atoms with van der Waals surface area (Å²) in [6, 6.07) is 10.2. The summed E-state index contributed by atoms with van der Waals surface area (Å²) in [6.07, 6.45) is 10.6. The number of likely N-dealkylation sites (tertiary alicyclic amines) is 1. The van der Waals surface area contributed by atoms with E-state index in [9.17, 15) is 9.59 Å². The number of ether oxygens (including phenoxy) is 4. The lowest BCUT2D eigenvalue weighted by molar-refractivity contribution is -0.274. The molecular formula is C46H69NO6. The van der Waals surface area contributed by atoms with E-state index in [1.54, 1.807) is 5.57 Å². The van der Waals surface area contributed by atoms with Crippen molar-refractivity contribution >= 4 is 11.9 Å². The van der Waals surface area contributed by atoms with E-state index in [-0.39, 0.29) is 63.2 Å². The lowest BCUT2D eigenvalue weighted by Crippen LogP contribution is -2.70. The molecule has 7 nitrogen and oxygen atoms in total. The van der Waals surface area contributed by atoms with Gasteiger partial charge in [-0.2, -0.15) is 0 Å². The third-order valence-corrected chi connectivity index (χ3v) is 16.8. The Hall–Kier alpha value is -2.22. The number of benzene rings is 1. The number of hydrogen-bond donors (Lipinski definition) is 0. The molecule has 2 saturated heterocycles. The molecule has 6 aliphatic rings. The lowest BCUT2D eigenvalue weighted by Gasteiger charge is -2.71. The van der Waals surface area contributed by atoms with E-state index in [0.717, 1.165) is 56.9 Å². The Morgan fingerprint density at radius 2 is 1.77 bits per heavy atom. The zero-order valence-electron chi connectivity index (χ0n) is 34.4. The molecule has 0 radical (unpaired) electrons. The molecule has 294 valence electrons. The number of amides is 1. The van der Waals surface area contributed by atoms with Crippen molar-refractivity contribution in [3.05, 3.63) is 47.5 Å². The van der Waals surface area contributed by atoms with Crippen LogP contribution in [0.15, 0.2) is 42.0 Å². The molecule has 4 aliphatic carbocycles. The van der Waals surface area contributed by atoms with Crippen molar-refractivity contribution in [2.75, 3.05) is 33.5 Å². The molecule has 7 heteroatoms. The Labute approximate surface area is 320 Å². The third kappa shape index (κ3) is 6.07. The molecule has 2 bridgehead atoms. The topological polar surface area (TPSA) is 74.3 Å². The molecule has 12 atom stereocenters. The van der Waals surface area contributed by atoms with E-state index in [0.29, 0.717) is 63.0 Å². The van der Waals surface area contributed by atoms with Crippen molar-refractivity contribution in [3.63, 3.8) is 0 Å². The molecule has 5 fully saturated rings. The number of hydrogen-bond acceptors (Lipinski definition) is 6. The lowest BCUT2D eigenvalue weighted by atomic mass is 9.34. The Bertz CT molecular complexity index is 1540. The zero-order valence-corrected chi connectivity index (χ0v) is 34.4. The first-order valence-electron chi connectivity index (χ1n) is 21.1. The summed E-state index contributed by atoms with van der Waals surface area (Å²) in [4.78, 5) is 29.7. The number of methoxy groups -OCH3 is 1. The first-order valence-corrected chi connectivity index (χ1v) is 21.1. The standard InChI is InChI=1S/C46H69NO6/c1-10-11-23-52-41(49)39-42(5,31(4)30(2)3)21-22-44(7)34-17-18-37-43(6)28-51-29-46(37,35(34)19-20-45(39,44)8)25-36(50-9)40(43)53-33-24-38(48)47(27-33)26-32-15-13-12-14-16-32/h12-16,19,30-31,33-34,36-37,39-40H,10-11,17-18,20-29H2,1-9H3/t31-,33?,34+,36-,37+,39-,40+,42-,43+,44-,45+,46?/m1/s1. The van der Waals surface area contributed by atoms with Crippen molar-refractivity contribution < 1.29 is 28.5 Å². The molecule has 1 aromatic rings. The van der Waals surface area contributed by atoms with Gasteiger partial charge < -0.3 is 23.8 Å². The maximum Gasteiger partial charge on any atom is 0.310 e. The minimum atomic E-state index is -0.246. The van der Waals surface area contributed by atoms with Gasteiger partial charge in [-0.3, -0.25) is 9.59 Å². The molecular weight excluding hydrogens is 663 g/mol. The molecule has 1 amide bonds. The molecule has 2 heterocycles. The summed E-state index contributed by atoms with van der Waals surface area (Å²) in [5, 5.41) is 0. The van der Waals surface area contributed by atoms with Crippen molar-refractivity contribution in [1.29, 1.82) is 0 Å². The number of unbranched alkanes of at least 4 members (excludes halogenated alkanes) is 1. The minimum absolute atomic E-state index is 0.0315. The van der Waals surface area contributed by atoms with Gasteiger partial charge in [0, 0.05) is 31.0 Å². The highest BCUT2D eigenvalue weighted by atomic mass is 16.6. The predicted molar refractivity (Wildman–Crippen MR) is 208 cm³/mol. The fourth-order valence-electron chi connectivity index (χ4n) is 13.4. The van der Waals surface area contributed by atoms with Crippen LogP contribution in [-0.4, -0.2) is 68.6 Å². The molecule has 0 aromatic heterocycles. The van der Waals surface area contributed by atoms with Crippen LogP contribution in [0.25, 0.3) is 0 Å². The Kier molecular flexibility index (Phi) is 10.6. The third-order valence-electron chi connectivity index (χ3n) is 16.8. The second kappa shape index (κ2) is 14.4. The highest BCUT2D eigenvalue weighted by molar-refractivity contribution is 5.79. The maximum absolute atomic E-state index is 14.5. The van der Waals surface area contributed by atoms with E-state index < -0.39 is 0 Å². The quantitative estimate of drug-likeness (QED) is 0.129. The monoisotopic (exact) mass is 732 g/mol. The smallest absolute Gasteiger partial charge is 0.310 e. The second-order valence-corrected chi connectivity index (χ2v) is 19.6. The van der Waals surface area contributed by atoms with Crippen LogP contribution >= 0.6 is 0 Å². The zero-order chi connectivity index (χ0) is 38.0. The summed E-state index contributed by atoms with van der Waals surface area (Å²) in [5.41, 5.74) is 1.95. The van der Waals surface area contributed by atoms with E-state index >= 15 is 0 Å². The fraction of sp³-hybridized carbons (Fsp3) is 0.783. The SMILES string of the molecule is CCCCOC(=O)[C@@H]1[C@@](C)([C@H](C)C(C)C)CC[C@]2(C)[C@H]3CC[C@@H]4C5(COC[C@]4(C)[C@@H](OC4CC(=O)N(Cc6ccccc6)C4)[C@H](OC)C5)C3=CC[C@@]12C. The maximum atomic E-state index is 14.5. The Morgan fingerprint density at radius 3 is 2.47 bits per heavy atom. The fourth-order valence-corrected chi connectivity index (χ4v) is 13.4. The normalized spacial score (nSPS) is 42.7. The molecule has 0 spiro atoms. The van der Waals surface area contributed by atoms with Gasteiger partial charge in [0.05, 0.1) is 50.5 Å². The van der Waals surface area contributed by atoms with Gasteiger partial charge >= 0.3 is 5.97 Å². The predicted octanol–water partition coefficient (Wildman–Crippen LogP) is 9.03. The van der Waals surface area contributed by atoms with Gasteiger partial charge in [-0.15, -0.1) is 0 Å². The first kappa shape index (κ1) is 39.0. The van der Waals surface area contributed by atoms with Gasteiger partial charge in [-0.1, -0.05) is 104 Å². The summed E-state index contributed by atoms with van der Waals surface area (Å²) < 4.78 is 26.5.